The monoisotopic (exact) mass is 289 g/mol. The minimum absolute atomic E-state index is 0.294. The Hall–Kier alpha value is -1.88. The molecule has 5 heteroatoms. The van der Waals surface area contributed by atoms with Crippen LogP contribution in [0.15, 0.2) is 28.8 Å². The van der Waals surface area contributed by atoms with E-state index < -0.39 is 0 Å². The normalized spacial score (nSPS) is 12.3. The van der Waals surface area contributed by atoms with Gasteiger partial charge in [0.25, 0.3) is 0 Å². The summed E-state index contributed by atoms with van der Waals surface area (Å²) >= 11 is 0. The molecule has 0 aliphatic heterocycles. The molecule has 1 N–H and O–H groups in total. The molecule has 1 aromatic carbocycles. The van der Waals surface area contributed by atoms with Gasteiger partial charge in [0.2, 0.25) is 11.7 Å². The minimum atomic E-state index is 0.294. The number of rotatable bonds is 8. The van der Waals surface area contributed by atoms with Crippen LogP contribution in [0.5, 0.6) is 5.75 Å². The molecule has 0 bridgehead atoms. The van der Waals surface area contributed by atoms with Crippen molar-refractivity contribution >= 4 is 0 Å². The lowest BCUT2D eigenvalue weighted by Gasteiger charge is -2.19. The van der Waals surface area contributed by atoms with E-state index in [0.29, 0.717) is 24.4 Å². The summed E-state index contributed by atoms with van der Waals surface area (Å²) in [5.41, 5.74) is 1.17. The van der Waals surface area contributed by atoms with Gasteiger partial charge in [-0.3, -0.25) is 0 Å². The maximum Gasteiger partial charge on any atom is 0.226 e. The predicted octanol–water partition coefficient (Wildman–Crippen LogP) is 3.27. The molecular weight excluding hydrogens is 266 g/mol. The SMILES string of the molecule is CCNC(CC)c1ccccc1OCc1noc(CC)n1. The van der Waals surface area contributed by atoms with E-state index in [1.54, 1.807) is 0 Å². The Kier molecular flexibility index (Phi) is 5.75. The van der Waals surface area contributed by atoms with Crippen LogP contribution >= 0.6 is 0 Å². The van der Waals surface area contributed by atoms with E-state index in [1.807, 2.05) is 25.1 Å². The van der Waals surface area contributed by atoms with Crippen LogP contribution in [-0.4, -0.2) is 16.7 Å². The second-order valence-electron chi connectivity index (χ2n) is 4.80. The van der Waals surface area contributed by atoms with Crippen molar-refractivity contribution in [2.75, 3.05) is 6.54 Å². The number of ether oxygens (including phenoxy) is 1. The maximum absolute atomic E-state index is 5.89. The zero-order valence-electron chi connectivity index (χ0n) is 12.9. The number of benzene rings is 1. The van der Waals surface area contributed by atoms with E-state index in [0.717, 1.165) is 25.1 Å². The zero-order valence-corrected chi connectivity index (χ0v) is 12.9. The van der Waals surface area contributed by atoms with E-state index in [4.69, 9.17) is 9.26 Å². The molecule has 114 valence electrons. The van der Waals surface area contributed by atoms with Gasteiger partial charge in [-0.15, -0.1) is 0 Å². The number of aryl methyl sites for hydroxylation is 1. The Morgan fingerprint density at radius 3 is 2.71 bits per heavy atom. The molecule has 0 aliphatic rings. The van der Waals surface area contributed by atoms with Gasteiger partial charge in [-0.1, -0.05) is 44.1 Å². The average molecular weight is 289 g/mol. The first-order chi connectivity index (χ1) is 10.3. The first kappa shape index (κ1) is 15.5. The fourth-order valence-corrected chi connectivity index (χ4v) is 2.26. The van der Waals surface area contributed by atoms with E-state index in [9.17, 15) is 0 Å². The second-order valence-corrected chi connectivity index (χ2v) is 4.80. The highest BCUT2D eigenvalue weighted by Gasteiger charge is 2.14. The standard InChI is InChI=1S/C16H23N3O2/c1-4-13(17-6-3)12-9-7-8-10-14(12)20-11-15-18-16(5-2)21-19-15/h7-10,13,17H,4-6,11H2,1-3H3. The molecule has 1 unspecified atom stereocenters. The number of nitrogens with one attached hydrogen (secondary N) is 1. The first-order valence-electron chi connectivity index (χ1n) is 7.55. The zero-order chi connectivity index (χ0) is 15.1. The van der Waals surface area contributed by atoms with Gasteiger partial charge >= 0.3 is 0 Å². The lowest BCUT2D eigenvalue weighted by atomic mass is 10.0. The van der Waals surface area contributed by atoms with Crippen molar-refractivity contribution in [2.45, 2.75) is 46.3 Å². The summed E-state index contributed by atoms with van der Waals surface area (Å²) in [6.07, 6.45) is 1.75. The van der Waals surface area contributed by atoms with Crippen LogP contribution in [0.1, 0.15) is 50.5 Å². The molecule has 1 atom stereocenters. The van der Waals surface area contributed by atoms with Crippen LogP contribution in [0.4, 0.5) is 0 Å². The number of hydrogen-bond acceptors (Lipinski definition) is 5. The first-order valence-corrected chi connectivity index (χ1v) is 7.55. The molecule has 1 aromatic heterocycles. The minimum Gasteiger partial charge on any atom is -0.485 e. The summed E-state index contributed by atoms with van der Waals surface area (Å²) in [6.45, 7) is 7.50. The van der Waals surface area contributed by atoms with E-state index in [2.05, 4.69) is 35.4 Å². The van der Waals surface area contributed by atoms with Gasteiger partial charge < -0.3 is 14.6 Å². The summed E-state index contributed by atoms with van der Waals surface area (Å²) < 4.78 is 11.0. The molecular formula is C16H23N3O2. The van der Waals surface area contributed by atoms with Gasteiger partial charge in [0, 0.05) is 18.0 Å². The molecule has 21 heavy (non-hydrogen) atoms. The molecule has 2 aromatic rings. The van der Waals surface area contributed by atoms with Crippen LogP contribution in [-0.2, 0) is 13.0 Å². The van der Waals surface area contributed by atoms with Crippen molar-refractivity contribution in [1.29, 1.82) is 0 Å². The Bertz CT molecular complexity index is 554. The third kappa shape index (κ3) is 4.04. The van der Waals surface area contributed by atoms with Gasteiger partial charge in [0.1, 0.15) is 5.75 Å². The van der Waals surface area contributed by atoms with Gasteiger partial charge in [0.05, 0.1) is 0 Å². The molecule has 0 amide bonds. The van der Waals surface area contributed by atoms with Crippen LogP contribution in [0.25, 0.3) is 0 Å². The summed E-state index contributed by atoms with van der Waals surface area (Å²) in [6, 6.07) is 8.38. The molecule has 2 rings (SSSR count). The van der Waals surface area contributed by atoms with E-state index >= 15 is 0 Å². The fourth-order valence-electron chi connectivity index (χ4n) is 2.26. The Balaban J connectivity index is 2.08. The number of hydrogen-bond donors (Lipinski definition) is 1. The van der Waals surface area contributed by atoms with Crippen LogP contribution in [0.2, 0.25) is 0 Å². The van der Waals surface area contributed by atoms with Crippen molar-refractivity contribution in [3.05, 3.63) is 41.5 Å². The molecule has 0 saturated heterocycles. The average Bonchev–Trinajstić information content (AvgIpc) is 2.99. The summed E-state index contributed by atoms with van der Waals surface area (Å²) in [7, 11) is 0. The molecule has 0 fully saturated rings. The third-order valence-electron chi connectivity index (χ3n) is 3.32. The summed E-state index contributed by atoms with van der Waals surface area (Å²) in [5.74, 6) is 2.09. The van der Waals surface area contributed by atoms with Crippen LogP contribution < -0.4 is 10.1 Å². The molecule has 1 heterocycles. The predicted molar refractivity (Wildman–Crippen MR) is 81.2 cm³/mol. The maximum atomic E-state index is 5.89. The van der Waals surface area contributed by atoms with Crippen molar-refractivity contribution < 1.29 is 9.26 Å². The fraction of sp³-hybridized carbons (Fsp3) is 0.500. The van der Waals surface area contributed by atoms with Gasteiger partial charge in [-0.2, -0.15) is 4.98 Å². The quantitative estimate of drug-likeness (QED) is 0.808. The highest BCUT2D eigenvalue weighted by atomic mass is 16.5. The Labute approximate surface area is 125 Å². The topological polar surface area (TPSA) is 60.2 Å². The summed E-state index contributed by atoms with van der Waals surface area (Å²) in [4.78, 5) is 4.26. The van der Waals surface area contributed by atoms with E-state index in [-0.39, 0.29) is 0 Å². The smallest absolute Gasteiger partial charge is 0.226 e. The van der Waals surface area contributed by atoms with Crippen LogP contribution in [0.3, 0.4) is 0 Å². The Morgan fingerprint density at radius 1 is 1.24 bits per heavy atom. The van der Waals surface area contributed by atoms with Crippen LogP contribution in [0, 0.1) is 0 Å². The highest BCUT2D eigenvalue weighted by molar-refractivity contribution is 5.36. The lowest BCUT2D eigenvalue weighted by molar-refractivity contribution is 0.279. The van der Waals surface area contributed by atoms with Crippen molar-refractivity contribution in [3.63, 3.8) is 0 Å². The summed E-state index contributed by atoms with van der Waals surface area (Å²) in [5, 5.41) is 7.38. The number of para-hydroxylation sites is 1. The van der Waals surface area contributed by atoms with Crippen molar-refractivity contribution in [1.82, 2.24) is 15.5 Å². The van der Waals surface area contributed by atoms with Gasteiger partial charge in [0.15, 0.2) is 6.61 Å². The molecule has 0 saturated carbocycles. The highest BCUT2D eigenvalue weighted by Crippen LogP contribution is 2.27. The largest absolute Gasteiger partial charge is 0.485 e. The van der Waals surface area contributed by atoms with Crippen molar-refractivity contribution in [2.24, 2.45) is 0 Å². The molecule has 0 aliphatic carbocycles. The molecule has 0 radical (unpaired) electrons. The molecule has 0 spiro atoms. The number of nitrogens with zero attached hydrogens (tertiary/aromatic N) is 2. The van der Waals surface area contributed by atoms with E-state index in [1.165, 1.54) is 5.56 Å². The van der Waals surface area contributed by atoms with Crippen molar-refractivity contribution in [3.8, 4) is 5.75 Å². The second kappa shape index (κ2) is 7.78. The third-order valence-corrected chi connectivity index (χ3v) is 3.32. The van der Waals surface area contributed by atoms with Gasteiger partial charge in [-0.25, -0.2) is 0 Å². The van der Waals surface area contributed by atoms with Gasteiger partial charge in [-0.05, 0) is 19.0 Å². The molecule has 5 nitrogen and oxygen atoms in total. The Morgan fingerprint density at radius 2 is 2.05 bits per heavy atom. The lowest BCUT2D eigenvalue weighted by Crippen LogP contribution is -2.20. The number of aromatic nitrogens is 2.